The van der Waals surface area contributed by atoms with E-state index in [1.54, 1.807) is 0 Å². The maximum atomic E-state index is 12.8. The highest BCUT2D eigenvalue weighted by atomic mass is 19.1. The first-order valence-electron chi connectivity index (χ1n) is 8.00. The van der Waals surface area contributed by atoms with Crippen molar-refractivity contribution in [2.75, 3.05) is 13.2 Å². The minimum Gasteiger partial charge on any atom is -0.491 e. The molecule has 0 saturated heterocycles. The lowest BCUT2D eigenvalue weighted by molar-refractivity contribution is -0.120. The van der Waals surface area contributed by atoms with Gasteiger partial charge in [-0.1, -0.05) is 18.2 Å². The monoisotopic (exact) mass is 342 g/mol. The molecule has 1 atom stereocenters. The van der Waals surface area contributed by atoms with Gasteiger partial charge in [-0.25, -0.2) is 4.39 Å². The zero-order valence-corrected chi connectivity index (χ0v) is 13.5. The number of aliphatic hydroxyl groups excluding tert-OH is 1. The van der Waals surface area contributed by atoms with Gasteiger partial charge in [-0.15, -0.1) is 0 Å². The van der Waals surface area contributed by atoms with Gasteiger partial charge in [0.25, 0.3) is 0 Å². The van der Waals surface area contributed by atoms with Crippen LogP contribution in [-0.2, 0) is 11.2 Å². The van der Waals surface area contributed by atoms with Gasteiger partial charge in [-0.3, -0.25) is 4.79 Å². The van der Waals surface area contributed by atoms with Crippen LogP contribution in [0.2, 0.25) is 0 Å². The van der Waals surface area contributed by atoms with Gasteiger partial charge in [-0.2, -0.15) is 0 Å². The molecule has 25 heavy (non-hydrogen) atoms. The molecule has 1 heterocycles. The Hall–Kier alpha value is -2.86. The Bertz CT molecular complexity index is 845. The number of halogens is 1. The molecule has 3 rings (SSSR count). The summed E-state index contributed by atoms with van der Waals surface area (Å²) in [7, 11) is 0. The number of nitrogens with one attached hydrogen (secondary N) is 2. The van der Waals surface area contributed by atoms with Crippen LogP contribution in [0.3, 0.4) is 0 Å². The van der Waals surface area contributed by atoms with Gasteiger partial charge in [-0.05, 0) is 35.9 Å². The maximum absolute atomic E-state index is 12.8. The molecule has 1 unspecified atom stereocenters. The second kappa shape index (κ2) is 7.81. The summed E-state index contributed by atoms with van der Waals surface area (Å²) in [5, 5.41) is 13.6. The summed E-state index contributed by atoms with van der Waals surface area (Å²) < 4.78 is 18.1. The number of carbonyl (C=O) groups is 1. The fraction of sp³-hybridized carbons (Fsp3) is 0.211. The van der Waals surface area contributed by atoms with E-state index in [9.17, 15) is 14.3 Å². The first-order chi connectivity index (χ1) is 12.1. The molecule has 6 heteroatoms. The summed E-state index contributed by atoms with van der Waals surface area (Å²) in [4.78, 5) is 15.2. The van der Waals surface area contributed by atoms with Gasteiger partial charge in [0.05, 0.1) is 6.42 Å². The van der Waals surface area contributed by atoms with Crippen molar-refractivity contribution in [1.29, 1.82) is 0 Å². The number of rotatable bonds is 7. The molecule has 1 aromatic heterocycles. The summed E-state index contributed by atoms with van der Waals surface area (Å²) in [5.41, 5.74) is 1.89. The normalized spacial score (nSPS) is 12.1. The van der Waals surface area contributed by atoms with Crippen molar-refractivity contribution in [3.63, 3.8) is 0 Å². The largest absolute Gasteiger partial charge is 0.491 e. The maximum Gasteiger partial charge on any atom is 0.224 e. The van der Waals surface area contributed by atoms with E-state index in [-0.39, 0.29) is 31.3 Å². The second-order valence-corrected chi connectivity index (χ2v) is 5.76. The first kappa shape index (κ1) is 17.0. The van der Waals surface area contributed by atoms with Gasteiger partial charge in [0.1, 0.15) is 24.3 Å². The van der Waals surface area contributed by atoms with Crippen LogP contribution >= 0.6 is 0 Å². The number of fused-ring (bicyclic) bond motifs is 1. The van der Waals surface area contributed by atoms with Crippen LogP contribution in [0, 0.1) is 5.82 Å². The van der Waals surface area contributed by atoms with E-state index in [0.29, 0.717) is 5.75 Å². The number of amides is 1. The summed E-state index contributed by atoms with van der Waals surface area (Å²) >= 11 is 0. The van der Waals surface area contributed by atoms with E-state index in [1.165, 1.54) is 24.3 Å². The lowest BCUT2D eigenvalue weighted by atomic mass is 10.1. The van der Waals surface area contributed by atoms with Crippen LogP contribution < -0.4 is 10.1 Å². The number of para-hydroxylation sites is 1. The van der Waals surface area contributed by atoms with Gasteiger partial charge >= 0.3 is 0 Å². The van der Waals surface area contributed by atoms with E-state index < -0.39 is 6.10 Å². The van der Waals surface area contributed by atoms with Gasteiger partial charge in [0.15, 0.2) is 0 Å². The molecule has 3 aromatic rings. The molecule has 3 N–H and O–H groups in total. The first-order valence-corrected chi connectivity index (χ1v) is 8.00. The van der Waals surface area contributed by atoms with E-state index >= 15 is 0 Å². The molecule has 0 aliphatic heterocycles. The summed E-state index contributed by atoms with van der Waals surface area (Å²) in [6, 6.07) is 13.3. The Morgan fingerprint density at radius 1 is 1.20 bits per heavy atom. The Kier molecular flexibility index (Phi) is 5.30. The number of H-pyrrole nitrogens is 1. The smallest absolute Gasteiger partial charge is 0.224 e. The van der Waals surface area contributed by atoms with E-state index in [0.717, 1.165) is 16.5 Å². The zero-order valence-electron chi connectivity index (χ0n) is 13.5. The fourth-order valence-corrected chi connectivity index (χ4v) is 2.53. The van der Waals surface area contributed by atoms with Gasteiger partial charge < -0.3 is 20.1 Å². The SMILES string of the molecule is O=C(Cc1c[nH]c2ccccc12)NCC(O)COc1ccc(F)cc1. The third kappa shape index (κ3) is 4.58. The highest BCUT2D eigenvalue weighted by Gasteiger charge is 2.11. The van der Waals surface area contributed by atoms with Crippen molar-refractivity contribution in [3.05, 3.63) is 66.1 Å². The average molecular weight is 342 g/mol. The summed E-state index contributed by atoms with van der Waals surface area (Å²) in [6.07, 6.45) is 1.20. The predicted molar refractivity (Wildman–Crippen MR) is 92.9 cm³/mol. The number of carbonyl (C=O) groups excluding carboxylic acids is 1. The van der Waals surface area contributed by atoms with Crippen LogP contribution in [0.15, 0.2) is 54.7 Å². The second-order valence-electron chi connectivity index (χ2n) is 5.76. The van der Waals surface area contributed by atoms with Crippen LogP contribution in [0.5, 0.6) is 5.75 Å². The summed E-state index contributed by atoms with van der Waals surface area (Å²) in [5.74, 6) is -0.0615. The third-order valence-electron chi connectivity index (χ3n) is 3.82. The number of benzene rings is 2. The van der Waals surface area contributed by atoms with Crippen molar-refractivity contribution >= 4 is 16.8 Å². The number of ether oxygens (including phenoxy) is 1. The molecule has 5 nitrogen and oxygen atoms in total. The minimum absolute atomic E-state index is 0.0129. The Morgan fingerprint density at radius 2 is 1.96 bits per heavy atom. The highest BCUT2D eigenvalue weighted by molar-refractivity contribution is 5.88. The number of aromatic nitrogens is 1. The van der Waals surface area contributed by atoms with E-state index in [1.807, 2.05) is 30.5 Å². The molecule has 0 saturated carbocycles. The van der Waals surface area contributed by atoms with Crippen molar-refractivity contribution in [1.82, 2.24) is 10.3 Å². The molecular weight excluding hydrogens is 323 g/mol. The predicted octanol–water partition coefficient (Wildman–Crippen LogP) is 2.41. The fourth-order valence-electron chi connectivity index (χ4n) is 2.53. The molecule has 0 bridgehead atoms. The molecule has 0 aliphatic rings. The number of hydrogen-bond donors (Lipinski definition) is 3. The van der Waals surface area contributed by atoms with E-state index in [4.69, 9.17) is 4.74 Å². The van der Waals surface area contributed by atoms with Crippen molar-refractivity contribution < 1.29 is 19.0 Å². The molecule has 1 amide bonds. The van der Waals surface area contributed by atoms with Crippen molar-refractivity contribution in [2.45, 2.75) is 12.5 Å². The average Bonchev–Trinajstić information content (AvgIpc) is 3.02. The van der Waals surface area contributed by atoms with Gasteiger partial charge in [0, 0.05) is 23.6 Å². The van der Waals surface area contributed by atoms with Crippen LogP contribution in [0.1, 0.15) is 5.56 Å². The lowest BCUT2D eigenvalue weighted by Gasteiger charge is -2.13. The molecule has 2 aromatic carbocycles. The molecule has 0 fully saturated rings. The van der Waals surface area contributed by atoms with Crippen LogP contribution in [-0.4, -0.2) is 35.3 Å². The third-order valence-corrected chi connectivity index (χ3v) is 3.82. The van der Waals surface area contributed by atoms with Gasteiger partial charge in [0.2, 0.25) is 5.91 Å². The Labute approximate surface area is 144 Å². The Balaban J connectivity index is 1.44. The lowest BCUT2D eigenvalue weighted by Crippen LogP contribution is -2.36. The van der Waals surface area contributed by atoms with Crippen molar-refractivity contribution in [2.24, 2.45) is 0 Å². The summed E-state index contributed by atoms with van der Waals surface area (Å²) in [6.45, 7) is 0.0986. The molecule has 130 valence electrons. The van der Waals surface area contributed by atoms with Crippen molar-refractivity contribution in [3.8, 4) is 5.75 Å². The molecule has 0 radical (unpaired) electrons. The zero-order chi connectivity index (χ0) is 17.6. The molecule has 0 spiro atoms. The minimum atomic E-state index is -0.850. The highest BCUT2D eigenvalue weighted by Crippen LogP contribution is 2.18. The number of aliphatic hydroxyl groups is 1. The number of hydrogen-bond acceptors (Lipinski definition) is 3. The Morgan fingerprint density at radius 3 is 2.76 bits per heavy atom. The number of aromatic amines is 1. The van der Waals surface area contributed by atoms with Crippen LogP contribution in [0.25, 0.3) is 10.9 Å². The topological polar surface area (TPSA) is 74.4 Å². The van der Waals surface area contributed by atoms with Crippen LogP contribution in [0.4, 0.5) is 4.39 Å². The standard InChI is InChI=1S/C19H19FN2O3/c20-14-5-7-16(8-6-14)25-12-15(23)11-22-19(24)9-13-10-21-18-4-2-1-3-17(13)18/h1-8,10,15,21,23H,9,11-12H2,(H,22,24). The quantitative estimate of drug-likeness (QED) is 0.617. The van der Waals surface area contributed by atoms with E-state index in [2.05, 4.69) is 10.3 Å². The molecule has 0 aliphatic carbocycles. The molecular formula is C19H19FN2O3.